The Hall–Kier alpha value is -1.40. The van der Waals surface area contributed by atoms with Crippen LogP contribution in [0, 0.1) is 5.92 Å². The van der Waals surface area contributed by atoms with E-state index in [1.165, 1.54) is 11.3 Å². The lowest BCUT2D eigenvalue weighted by molar-refractivity contribution is -0.130. The third-order valence-electron chi connectivity index (χ3n) is 3.42. The quantitative estimate of drug-likeness (QED) is 0.862. The highest BCUT2D eigenvalue weighted by molar-refractivity contribution is 7.08. The van der Waals surface area contributed by atoms with Gasteiger partial charge in [-0.3, -0.25) is 9.59 Å². The number of ether oxygens (including phenoxy) is 1. The van der Waals surface area contributed by atoms with E-state index < -0.39 is 0 Å². The molecule has 0 bridgehead atoms. The molecule has 0 spiro atoms. The van der Waals surface area contributed by atoms with E-state index in [-0.39, 0.29) is 18.4 Å². The van der Waals surface area contributed by atoms with Crippen LogP contribution in [0.5, 0.6) is 0 Å². The number of carbonyl (C=O) groups excluding carboxylic acids is 2. The fourth-order valence-corrected chi connectivity index (χ4v) is 2.85. The third-order valence-corrected chi connectivity index (χ3v) is 4.10. The topological polar surface area (TPSA) is 58.6 Å². The van der Waals surface area contributed by atoms with E-state index in [0.29, 0.717) is 24.6 Å². The van der Waals surface area contributed by atoms with Crippen LogP contribution in [0.25, 0.3) is 0 Å². The first kappa shape index (κ1) is 15.0. The van der Waals surface area contributed by atoms with Crippen molar-refractivity contribution in [2.45, 2.75) is 13.3 Å². The zero-order valence-corrected chi connectivity index (χ0v) is 12.4. The summed E-state index contributed by atoms with van der Waals surface area (Å²) >= 11 is 1.46. The van der Waals surface area contributed by atoms with Crippen LogP contribution in [0.15, 0.2) is 16.8 Å². The molecule has 110 valence electrons. The van der Waals surface area contributed by atoms with Crippen LogP contribution < -0.4 is 5.32 Å². The molecule has 2 amide bonds. The van der Waals surface area contributed by atoms with Gasteiger partial charge in [0.25, 0.3) is 5.91 Å². The minimum atomic E-state index is -0.195. The van der Waals surface area contributed by atoms with Gasteiger partial charge in [-0.05, 0) is 24.8 Å². The van der Waals surface area contributed by atoms with Gasteiger partial charge in [0.2, 0.25) is 5.91 Å². The normalized spacial score (nSPS) is 17.9. The largest absolute Gasteiger partial charge is 0.381 e. The summed E-state index contributed by atoms with van der Waals surface area (Å²) in [6.45, 7) is 4.88. The lowest BCUT2D eigenvalue weighted by Gasteiger charge is -2.23. The molecule has 5 nitrogen and oxygen atoms in total. The highest BCUT2D eigenvalue weighted by atomic mass is 32.1. The van der Waals surface area contributed by atoms with Gasteiger partial charge in [-0.1, -0.05) is 0 Å². The van der Waals surface area contributed by atoms with Gasteiger partial charge in [0.15, 0.2) is 0 Å². The van der Waals surface area contributed by atoms with Crippen molar-refractivity contribution in [1.82, 2.24) is 10.2 Å². The van der Waals surface area contributed by atoms with Gasteiger partial charge in [0.1, 0.15) is 0 Å². The molecule has 1 fully saturated rings. The van der Waals surface area contributed by atoms with Gasteiger partial charge in [0, 0.05) is 36.6 Å². The van der Waals surface area contributed by atoms with Crippen LogP contribution in [-0.2, 0) is 9.53 Å². The summed E-state index contributed by atoms with van der Waals surface area (Å²) in [6.07, 6.45) is 1.01. The number of hydrogen-bond donors (Lipinski definition) is 1. The van der Waals surface area contributed by atoms with Crippen LogP contribution in [0.3, 0.4) is 0 Å². The summed E-state index contributed by atoms with van der Waals surface area (Å²) in [4.78, 5) is 25.7. The second-order valence-electron chi connectivity index (χ2n) is 4.86. The summed E-state index contributed by atoms with van der Waals surface area (Å²) < 4.78 is 5.32. The van der Waals surface area contributed by atoms with Crippen LogP contribution in [0.2, 0.25) is 0 Å². The van der Waals surface area contributed by atoms with E-state index in [9.17, 15) is 9.59 Å². The fraction of sp³-hybridized carbons (Fsp3) is 0.571. The van der Waals surface area contributed by atoms with E-state index >= 15 is 0 Å². The molecule has 0 radical (unpaired) electrons. The van der Waals surface area contributed by atoms with Crippen molar-refractivity contribution in [2.24, 2.45) is 5.92 Å². The van der Waals surface area contributed by atoms with Gasteiger partial charge in [-0.15, -0.1) is 0 Å². The average molecular weight is 296 g/mol. The Kier molecular flexibility index (Phi) is 5.55. The van der Waals surface area contributed by atoms with Crippen molar-refractivity contribution in [1.29, 1.82) is 0 Å². The molecule has 2 rings (SSSR count). The zero-order chi connectivity index (χ0) is 14.4. The maximum Gasteiger partial charge on any atom is 0.252 e. The maximum atomic E-state index is 12.1. The average Bonchev–Trinajstić information content (AvgIpc) is 3.14. The zero-order valence-electron chi connectivity index (χ0n) is 11.6. The van der Waals surface area contributed by atoms with Gasteiger partial charge in [-0.2, -0.15) is 11.3 Å². The van der Waals surface area contributed by atoms with E-state index in [2.05, 4.69) is 5.32 Å². The minimum absolute atomic E-state index is 0.0389. The maximum absolute atomic E-state index is 12.1. The molecule has 1 saturated heterocycles. The number of likely N-dealkylation sites (N-methyl/N-ethyl adjacent to an activating group) is 1. The van der Waals surface area contributed by atoms with Crippen molar-refractivity contribution in [2.75, 3.05) is 32.8 Å². The molecular weight excluding hydrogens is 276 g/mol. The van der Waals surface area contributed by atoms with E-state index in [1.807, 2.05) is 12.3 Å². The van der Waals surface area contributed by atoms with E-state index in [1.54, 1.807) is 16.3 Å². The lowest BCUT2D eigenvalue weighted by atomic mass is 10.1. The minimum Gasteiger partial charge on any atom is -0.381 e. The van der Waals surface area contributed by atoms with Crippen LogP contribution in [0.1, 0.15) is 23.7 Å². The number of carbonyl (C=O) groups is 2. The molecule has 1 aromatic rings. The molecule has 1 aromatic heterocycles. The molecule has 20 heavy (non-hydrogen) atoms. The van der Waals surface area contributed by atoms with Gasteiger partial charge in [0.05, 0.1) is 13.2 Å². The Morgan fingerprint density at radius 2 is 2.40 bits per heavy atom. The van der Waals surface area contributed by atoms with Crippen LogP contribution in [0.4, 0.5) is 0 Å². The third kappa shape index (κ3) is 4.05. The molecule has 1 atom stereocenters. The number of hydrogen-bond acceptors (Lipinski definition) is 4. The highest BCUT2D eigenvalue weighted by Gasteiger charge is 2.21. The summed E-state index contributed by atoms with van der Waals surface area (Å²) in [5.41, 5.74) is 0.607. The summed E-state index contributed by atoms with van der Waals surface area (Å²) in [5, 5.41) is 6.28. The molecule has 0 unspecified atom stereocenters. The van der Waals surface area contributed by atoms with Crippen molar-refractivity contribution < 1.29 is 14.3 Å². The Labute approximate surface area is 122 Å². The second-order valence-corrected chi connectivity index (χ2v) is 5.64. The number of amides is 2. The standard InChI is InChI=1S/C14H20N2O3S/c1-2-16(8-11-3-5-19-9-11)13(17)7-15-14(18)12-4-6-20-10-12/h4,6,10-11H,2-3,5,7-9H2,1H3,(H,15,18)/t11-/m0/s1. The molecule has 1 aliphatic heterocycles. The number of nitrogens with one attached hydrogen (secondary N) is 1. The van der Waals surface area contributed by atoms with Crippen molar-refractivity contribution >= 4 is 23.2 Å². The fourth-order valence-electron chi connectivity index (χ4n) is 2.21. The second kappa shape index (κ2) is 7.40. The SMILES string of the molecule is CCN(C[C@@H]1CCOC1)C(=O)CNC(=O)c1ccsc1. The summed E-state index contributed by atoms with van der Waals surface area (Å²) in [7, 11) is 0. The van der Waals surface area contributed by atoms with Crippen molar-refractivity contribution in [3.05, 3.63) is 22.4 Å². The smallest absolute Gasteiger partial charge is 0.252 e. The molecule has 0 saturated carbocycles. The molecule has 1 N–H and O–H groups in total. The number of nitrogens with zero attached hydrogens (tertiary/aromatic N) is 1. The summed E-state index contributed by atoms with van der Waals surface area (Å²) in [6, 6.07) is 1.75. The Balaban J connectivity index is 1.78. The molecular formula is C14H20N2O3S. The van der Waals surface area contributed by atoms with E-state index in [4.69, 9.17) is 4.74 Å². The lowest BCUT2D eigenvalue weighted by Crippen LogP contribution is -2.42. The first-order chi connectivity index (χ1) is 9.70. The van der Waals surface area contributed by atoms with Crippen molar-refractivity contribution in [3.63, 3.8) is 0 Å². The monoisotopic (exact) mass is 296 g/mol. The van der Waals surface area contributed by atoms with Crippen LogP contribution in [-0.4, -0.2) is 49.6 Å². The Bertz CT molecular complexity index is 441. The molecule has 6 heteroatoms. The van der Waals surface area contributed by atoms with Crippen LogP contribution >= 0.6 is 11.3 Å². The van der Waals surface area contributed by atoms with Crippen molar-refractivity contribution in [3.8, 4) is 0 Å². The predicted molar refractivity (Wildman–Crippen MR) is 77.8 cm³/mol. The van der Waals surface area contributed by atoms with Gasteiger partial charge >= 0.3 is 0 Å². The van der Waals surface area contributed by atoms with Gasteiger partial charge in [-0.25, -0.2) is 0 Å². The predicted octanol–water partition coefficient (Wildman–Crippen LogP) is 1.36. The summed E-state index contributed by atoms with van der Waals surface area (Å²) in [5.74, 6) is 0.189. The molecule has 0 aliphatic carbocycles. The Morgan fingerprint density at radius 3 is 3.00 bits per heavy atom. The number of thiophene rings is 1. The number of rotatable bonds is 6. The highest BCUT2D eigenvalue weighted by Crippen LogP contribution is 2.13. The molecule has 0 aromatic carbocycles. The first-order valence-corrected chi connectivity index (χ1v) is 7.81. The molecule has 2 heterocycles. The molecule has 1 aliphatic rings. The Morgan fingerprint density at radius 1 is 1.55 bits per heavy atom. The first-order valence-electron chi connectivity index (χ1n) is 6.86. The van der Waals surface area contributed by atoms with Gasteiger partial charge < -0.3 is 15.0 Å². The van der Waals surface area contributed by atoms with E-state index in [0.717, 1.165) is 19.6 Å².